The number of nitrogens with one attached hydrogen (secondary N) is 2. The fraction of sp³-hybridized carbons (Fsp3) is 0.158. The number of carbonyl (C=O) groups is 2. The number of halogens is 2. The molecule has 2 aromatic carbocycles. The molecule has 3 amide bonds. The minimum absolute atomic E-state index is 0.165. The molecular formula is C19H16FIN2O4. The summed E-state index contributed by atoms with van der Waals surface area (Å²) in [4.78, 5) is 22.9. The zero-order chi connectivity index (χ0) is 19.4. The van der Waals surface area contributed by atoms with E-state index in [-0.39, 0.29) is 18.1 Å². The Bertz CT molecular complexity index is 913. The van der Waals surface area contributed by atoms with Crippen LogP contribution in [-0.2, 0) is 11.4 Å². The molecule has 0 spiro atoms. The number of urea groups is 1. The lowest BCUT2D eigenvalue weighted by Crippen LogP contribution is -2.22. The van der Waals surface area contributed by atoms with Gasteiger partial charge in [-0.05, 0) is 71.0 Å². The van der Waals surface area contributed by atoms with Crippen molar-refractivity contribution in [2.24, 2.45) is 0 Å². The van der Waals surface area contributed by atoms with Crippen LogP contribution in [0.4, 0.5) is 9.18 Å². The molecule has 1 heterocycles. The fourth-order valence-electron chi connectivity index (χ4n) is 2.46. The van der Waals surface area contributed by atoms with Crippen LogP contribution in [0.2, 0.25) is 0 Å². The van der Waals surface area contributed by atoms with Gasteiger partial charge < -0.3 is 14.8 Å². The molecule has 140 valence electrons. The lowest BCUT2D eigenvalue weighted by Gasteiger charge is -2.15. The Kier molecular flexibility index (Phi) is 5.94. The normalized spacial score (nSPS) is 14.9. The van der Waals surface area contributed by atoms with Gasteiger partial charge in [0.15, 0.2) is 11.5 Å². The molecule has 2 aromatic rings. The summed E-state index contributed by atoms with van der Waals surface area (Å²) >= 11 is 2.11. The highest BCUT2D eigenvalue weighted by Crippen LogP contribution is 2.35. The van der Waals surface area contributed by atoms with Crippen LogP contribution in [0.15, 0.2) is 42.1 Å². The van der Waals surface area contributed by atoms with Gasteiger partial charge in [-0.1, -0.05) is 12.1 Å². The zero-order valence-corrected chi connectivity index (χ0v) is 16.5. The van der Waals surface area contributed by atoms with Gasteiger partial charge in [0.25, 0.3) is 5.91 Å². The van der Waals surface area contributed by atoms with Crippen molar-refractivity contribution >= 4 is 40.6 Å². The summed E-state index contributed by atoms with van der Waals surface area (Å²) in [7, 11) is 0. The molecular weight excluding hydrogens is 466 g/mol. The van der Waals surface area contributed by atoms with Crippen LogP contribution in [0.1, 0.15) is 18.1 Å². The van der Waals surface area contributed by atoms with Crippen molar-refractivity contribution in [3.63, 3.8) is 0 Å². The molecule has 0 radical (unpaired) electrons. The van der Waals surface area contributed by atoms with Gasteiger partial charge in [0.05, 0.1) is 10.2 Å². The largest absolute Gasteiger partial charge is 0.490 e. The summed E-state index contributed by atoms with van der Waals surface area (Å²) in [5.74, 6) is 0.292. The number of carbonyl (C=O) groups excluding carboxylic acids is 2. The molecule has 8 heteroatoms. The average molecular weight is 482 g/mol. The number of hydrogen-bond acceptors (Lipinski definition) is 4. The fourth-order valence-corrected chi connectivity index (χ4v) is 3.24. The molecule has 1 fully saturated rings. The van der Waals surface area contributed by atoms with E-state index < -0.39 is 11.9 Å². The van der Waals surface area contributed by atoms with Crippen molar-refractivity contribution in [1.29, 1.82) is 0 Å². The van der Waals surface area contributed by atoms with Crippen molar-refractivity contribution in [2.45, 2.75) is 13.5 Å². The van der Waals surface area contributed by atoms with Crippen LogP contribution in [0, 0.1) is 9.39 Å². The first-order chi connectivity index (χ1) is 13.0. The topological polar surface area (TPSA) is 76.7 Å². The molecule has 1 saturated heterocycles. The summed E-state index contributed by atoms with van der Waals surface area (Å²) in [5.41, 5.74) is 1.67. The summed E-state index contributed by atoms with van der Waals surface area (Å²) in [6.45, 7) is 2.54. The van der Waals surface area contributed by atoms with Crippen LogP contribution >= 0.6 is 22.6 Å². The average Bonchev–Trinajstić information content (AvgIpc) is 2.93. The smallest absolute Gasteiger partial charge is 0.326 e. The Morgan fingerprint density at radius 1 is 1.11 bits per heavy atom. The van der Waals surface area contributed by atoms with E-state index in [1.807, 2.05) is 13.0 Å². The summed E-state index contributed by atoms with van der Waals surface area (Å²) in [6, 6.07) is 9.06. The van der Waals surface area contributed by atoms with Gasteiger partial charge in [0.2, 0.25) is 0 Å². The van der Waals surface area contributed by atoms with E-state index in [1.165, 1.54) is 12.1 Å². The second-order valence-corrected chi connectivity index (χ2v) is 6.81. The van der Waals surface area contributed by atoms with E-state index in [4.69, 9.17) is 9.47 Å². The van der Waals surface area contributed by atoms with Crippen LogP contribution in [0.3, 0.4) is 0 Å². The van der Waals surface area contributed by atoms with Crippen molar-refractivity contribution in [1.82, 2.24) is 10.6 Å². The lowest BCUT2D eigenvalue weighted by atomic mass is 10.1. The highest BCUT2D eigenvalue weighted by atomic mass is 127. The second-order valence-electron chi connectivity index (χ2n) is 5.64. The van der Waals surface area contributed by atoms with E-state index >= 15 is 0 Å². The number of imide groups is 1. The summed E-state index contributed by atoms with van der Waals surface area (Å²) < 4.78 is 25.4. The van der Waals surface area contributed by atoms with E-state index in [0.717, 1.165) is 9.13 Å². The van der Waals surface area contributed by atoms with E-state index in [2.05, 4.69) is 33.2 Å². The first kappa shape index (κ1) is 19.2. The maximum Gasteiger partial charge on any atom is 0.326 e. The second kappa shape index (κ2) is 8.38. The summed E-state index contributed by atoms with van der Waals surface area (Å²) in [5, 5.41) is 4.60. The van der Waals surface area contributed by atoms with E-state index in [0.29, 0.717) is 23.7 Å². The Labute approximate surface area is 168 Å². The molecule has 0 aromatic heterocycles. The van der Waals surface area contributed by atoms with Crippen LogP contribution in [0.25, 0.3) is 6.08 Å². The first-order valence-corrected chi connectivity index (χ1v) is 9.21. The molecule has 1 aliphatic rings. The van der Waals surface area contributed by atoms with Gasteiger partial charge in [0, 0.05) is 0 Å². The molecule has 0 unspecified atom stereocenters. The Balaban J connectivity index is 1.85. The third-order valence-electron chi connectivity index (χ3n) is 3.66. The van der Waals surface area contributed by atoms with Crippen molar-refractivity contribution in [3.8, 4) is 11.5 Å². The predicted molar refractivity (Wildman–Crippen MR) is 106 cm³/mol. The highest BCUT2D eigenvalue weighted by Gasteiger charge is 2.23. The molecule has 0 bridgehead atoms. The van der Waals surface area contributed by atoms with Crippen LogP contribution in [-0.4, -0.2) is 18.5 Å². The SMILES string of the molecule is CCOc1cc(/C=C2\NC(=O)NC2=O)cc(I)c1OCc1ccc(F)cc1. The van der Waals surface area contributed by atoms with Gasteiger partial charge in [-0.15, -0.1) is 0 Å². The van der Waals surface area contributed by atoms with Gasteiger partial charge in [-0.3, -0.25) is 10.1 Å². The van der Waals surface area contributed by atoms with Crippen molar-refractivity contribution < 1.29 is 23.5 Å². The Morgan fingerprint density at radius 3 is 2.48 bits per heavy atom. The molecule has 0 atom stereocenters. The number of hydrogen-bond donors (Lipinski definition) is 2. The van der Waals surface area contributed by atoms with E-state index in [9.17, 15) is 14.0 Å². The molecule has 0 aliphatic carbocycles. The van der Waals surface area contributed by atoms with Crippen molar-refractivity contribution in [2.75, 3.05) is 6.61 Å². The predicted octanol–water partition coefficient (Wildman–Crippen LogP) is 3.59. The molecule has 6 nitrogen and oxygen atoms in total. The third-order valence-corrected chi connectivity index (χ3v) is 4.46. The zero-order valence-electron chi connectivity index (χ0n) is 14.3. The number of ether oxygens (including phenoxy) is 2. The van der Waals surface area contributed by atoms with E-state index in [1.54, 1.807) is 24.3 Å². The maximum absolute atomic E-state index is 13.0. The monoisotopic (exact) mass is 482 g/mol. The van der Waals surface area contributed by atoms with Gasteiger partial charge in [-0.25, -0.2) is 9.18 Å². The Hall–Kier alpha value is -2.62. The van der Waals surface area contributed by atoms with Gasteiger partial charge in [0.1, 0.15) is 18.1 Å². The standard InChI is InChI=1S/C19H16FIN2O4/c1-2-26-16-9-12(8-15-18(24)23-19(25)22-15)7-14(21)17(16)27-10-11-3-5-13(20)6-4-11/h3-9H,2,10H2,1H3,(H2,22,23,24,25)/b15-8-. The summed E-state index contributed by atoms with van der Waals surface area (Å²) in [6.07, 6.45) is 1.56. The number of benzene rings is 2. The lowest BCUT2D eigenvalue weighted by molar-refractivity contribution is -0.115. The quantitative estimate of drug-likeness (QED) is 0.375. The third kappa shape index (κ3) is 4.76. The molecule has 2 N–H and O–H groups in total. The van der Waals surface area contributed by atoms with Crippen LogP contribution in [0.5, 0.6) is 11.5 Å². The van der Waals surface area contributed by atoms with Gasteiger partial charge in [-0.2, -0.15) is 0 Å². The van der Waals surface area contributed by atoms with Crippen LogP contribution < -0.4 is 20.1 Å². The van der Waals surface area contributed by atoms with Crippen molar-refractivity contribution in [3.05, 3.63) is 62.6 Å². The highest BCUT2D eigenvalue weighted by molar-refractivity contribution is 14.1. The van der Waals surface area contributed by atoms with Gasteiger partial charge >= 0.3 is 6.03 Å². The molecule has 3 rings (SSSR count). The first-order valence-electron chi connectivity index (χ1n) is 8.14. The minimum Gasteiger partial charge on any atom is -0.490 e. The minimum atomic E-state index is -0.551. The molecule has 1 aliphatic heterocycles. The molecule has 0 saturated carbocycles. The number of rotatable bonds is 6. The maximum atomic E-state index is 13.0. The molecule has 27 heavy (non-hydrogen) atoms. The Morgan fingerprint density at radius 2 is 1.85 bits per heavy atom. The number of amides is 3.